The lowest BCUT2D eigenvalue weighted by atomic mass is 10.2. The monoisotopic (exact) mass is 353 g/mol. The van der Waals surface area contributed by atoms with E-state index in [4.69, 9.17) is 16.3 Å². The van der Waals surface area contributed by atoms with E-state index < -0.39 is 0 Å². The smallest absolute Gasteiger partial charge is 0.258 e. The van der Waals surface area contributed by atoms with Crippen LogP contribution >= 0.6 is 27.5 Å². The van der Waals surface area contributed by atoms with Crippen molar-refractivity contribution in [1.29, 1.82) is 0 Å². The van der Waals surface area contributed by atoms with Crippen LogP contribution in [0.15, 0.2) is 53.0 Å². The van der Waals surface area contributed by atoms with Crippen LogP contribution in [0, 0.1) is 0 Å². The molecule has 0 aromatic heterocycles. The Morgan fingerprint density at radius 1 is 1.20 bits per heavy atom. The third kappa shape index (κ3) is 4.87. The number of nitrogens with one attached hydrogen (secondary N) is 1. The van der Waals surface area contributed by atoms with E-state index in [1.54, 1.807) is 24.3 Å². The molecule has 0 radical (unpaired) electrons. The van der Waals surface area contributed by atoms with Crippen LogP contribution in [0.1, 0.15) is 5.56 Å². The number of amides is 1. The van der Waals surface area contributed by atoms with E-state index in [-0.39, 0.29) is 12.5 Å². The molecule has 0 saturated carbocycles. The minimum absolute atomic E-state index is 0.0182. The highest BCUT2D eigenvalue weighted by Gasteiger charge is 2.03. The summed E-state index contributed by atoms with van der Waals surface area (Å²) in [6.45, 7) is 0.456. The average Bonchev–Trinajstić information content (AvgIpc) is 2.45. The molecule has 2 aromatic carbocycles. The van der Waals surface area contributed by atoms with E-state index in [0.29, 0.717) is 17.3 Å². The quantitative estimate of drug-likeness (QED) is 0.887. The first kappa shape index (κ1) is 14.9. The van der Waals surface area contributed by atoms with Crippen molar-refractivity contribution in [3.63, 3.8) is 0 Å². The van der Waals surface area contributed by atoms with Crippen molar-refractivity contribution in [3.05, 3.63) is 63.6 Å². The molecule has 0 bridgehead atoms. The molecule has 5 heteroatoms. The van der Waals surface area contributed by atoms with E-state index in [2.05, 4.69) is 21.2 Å². The molecule has 0 fully saturated rings. The van der Waals surface area contributed by atoms with Gasteiger partial charge in [0.1, 0.15) is 5.75 Å². The van der Waals surface area contributed by atoms with Crippen molar-refractivity contribution in [2.75, 3.05) is 6.61 Å². The summed E-state index contributed by atoms with van der Waals surface area (Å²) in [4.78, 5) is 11.7. The Bertz CT molecular complexity index is 587. The van der Waals surface area contributed by atoms with Crippen molar-refractivity contribution in [1.82, 2.24) is 5.32 Å². The predicted molar refractivity (Wildman–Crippen MR) is 82.9 cm³/mol. The van der Waals surface area contributed by atoms with Gasteiger partial charge >= 0.3 is 0 Å². The lowest BCUT2D eigenvalue weighted by Gasteiger charge is -2.08. The first-order chi connectivity index (χ1) is 9.63. The second-order valence-corrected chi connectivity index (χ2v) is 5.50. The molecule has 0 atom stereocenters. The number of ether oxygens (including phenoxy) is 1. The molecule has 0 aliphatic rings. The number of halogens is 2. The summed E-state index contributed by atoms with van der Waals surface area (Å²) in [7, 11) is 0. The number of hydrogen-bond acceptors (Lipinski definition) is 2. The number of rotatable bonds is 5. The summed E-state index contributed by atoms with van der Waals surface area (Å²) in [6.07, 6.45) is 0. The second-order valence-electron chi connectivity index (χ2n) is 4.15. The largest absolute Gasteiger partial charge is 0.484 e. The van der Waals surface area contributed by atoms with Crippen LogP contribution in [-0.4, -0.2) is 12.5 Å². The molecule has 0 unspecified atom stereocenters. The van der Waals surface area contributed by atoms with Crippen LogP contribution in [0.3, 0.4) is 0 Å². The van der Waals surface area contributed by atoms with Gasteiger partial charge in [0.2, 0.25) is 0 Å². The first-order valence-electron chi connectivity index (χ1n) is 6.03. The van der Waals surface area contributed by atoms with E-state index >= 15 is 0 Å². The minimum Gasteiger partial charge on any atom is -0.484 e. The van der Waals surface area contributed by atoms with E-state index in [1.165, 1.54) is 0 Å². The van der Waals surface area contributed by atoms with E-state index in [1.807, 2.05) is 24.3 Å². The average molecular weight is 355 g/mol. The molecule has 0 aliphatic carbocycles. The molecule has 20 heavy (non-hydrogen) atoms. The molecule has 3 nitrogen and oxygen atoms in total. The van der Waals surface area contributed by atoms with Gasteiger partial charge in [0, 0.05) is 16.0 Å². The maximum Gasteiger partial charge on any atom is 0.258 e. The minimum atomic E-state index is -0.167. The number of benzene rings is 2. The van der Waals surface area contributed by atoms with Gasteiger partial charge in [-0.15, -0.1) is 0 Å². The van der Waals surface area contributed by atoms with Crippen molar-refractivity contribution >= 4 is 33.4 Å². The van der Waals surface area contributed by atoms with Gasteiger partial charge in [-0.3, -0.25) is 4.79 Å². The lowest BCUT2D eigenvalue weighted by Crippen LogP contribution is -2.28. The lowest BCUT2D eigenvalue weighted by molar-refractivity contribution is -0.123. The summed E-state index contributed by atoms with van der Waals surface area (Å²) in [6, 6.07) is 14.7. The zero-order valence-electron chi connectivity index (χ0n) is 10.6. The van der Waals surface area contributed by atoms with Crippen LogP contribution in [0.25, 0.3) is 0 Å². The summed E-state index contributed by atoms with van der Waals surface area (Å²) in [5.74, 6) is 0.451. The van der Waals surface area contributed by atoms with Crippen LogP contribution in [-0.2, 0) is 11.3 Å². The number of carbonyl (C=O) groups excluding carboxylic acids is 1. The Morgan fingerprint density at radius 2 is 1.95 bits per heavy atom. The Labute approximate surface area is 131 Å². The van der Waals surface area contributed by atoms with Gasteiger partial charge in [-0.2, -0.15) is 0 Å². The first-order valence-corrected chi connectivity index (χ1v) is 7.20. The van der Waals surface area contributed by atoms with Crippen molar-refractivity contribution < 1.29 is 9.53 Å². The molecule has 0 aliphatic heterocycles. The maximum absolute atomic E-state index is 11.7. The Hall–Kier alpha value is -1.52. The van der Waals surface area contributed by atoms with Gasteiger partial charge in [0.25, 0.3) is 5.91 Å². The van der Waals surface area contributed by atoms with Gasteiger partial charge in [-0.25, -0.2) is 0 Å². The summed E-state index contributed by atoms with van der Waals surface area (Å²) in [5, 5.41) is 3.43. The summed E-state index contributed by atoms with van der Waals surface area (Å²) in [5.41, 5.74) is 1.03. The van der Waals surface area contributed by atoms with Crippen LogP contribution in [0.5, 0.6) is 5.75 Å². The Kier molecular flexibility index (Phi) is 5.44. The molecule has 0 heterocycles. The molecule has 1 N–H and O–H groups in total. The zero-order valence-corrected chi connectivity index (χ0v) is 12.9. The third-order valence-electron chi connectivity index (χ3n) is 2.56. The van der Waals surface area contributed by atoms with E-state index in [0.717, 1.165) is 10.0 Å². The molecule has 1 amide bonds. The number of hydrogen-bond donors (Lipinski definition) is 1. The predicted octanol–water partition coefficient (Wildman–Crippen LogP) is 3.80. The normalized spacial score (nSPS) is 10.1. The highest BCUT2D eigenvalue weighted by atomic mass is 79.9. The van der Waals surface area contributed by atoms with Gasteiger partial charge in [-0.1, -0.05) is 39.7 Å². The third-order valence-corrected chi connectivity index (χ3v) is 3.31. The fraction of sp³-hybridized carbons (Fsp3) is 0.133. The fourth-order valence-corrected chi connectivity index (χ4v) is 2.15. The van der Waals surface area contributed by atoms with Gasteiger partial charge < -0.3 is 10.1 Å². The van der Waals surface area contributed by atoms with Crippen LogP contribution < -0.4 is 10.1 Å². The second kappa shape index (κ2) is 7.31. The maximum atomic E-state index is 11.7. The van der Waals surface area contributed by atoms with Crippen LogP contribution in [0.2, 0.25) is 5.02 Å². The van der Waals surface area contributed by atoms with Crippen LogP contribution in [0.4, 0.5) is 0 Å². The topological polar surface area (TPSA) is 38.3 Å². The van der Waals surface area contributed by atoms with Gasteiger partial charge in [0.15, 0.2) is 6.61 Å². The Balaban J connectivity index is 1.77. The summed E-state index contributed by atoms with van der Waals surface area (Å²) >= 11 is 9.15. The highest BCUT2D eigenvalue weighted by molar-refractivity contribution is 9.10. The molecule has 0 saturated heterocycles. The zero-order chi connectivity index (χ0) is 14.4. The molecule has 2 rings (SSSR count). The molecular formula is C15H13BrClNO2. The van der Waals surface area contributed by atoms with Crippen molar-refractivity contribution in [2.45, 2.75) is 6.54 Å². The fourth-order valence-electron chi connectivity index (χ4n) is 1.58. The number of carbonyl (C=O) groups is 1. The van der Waals surface area contributed by atoms with Crippen molar-refractivity contribution in [3.8, 4) is 5.75 Å². The molecular weight excluding hydrogens is 342 g/mol. The molecule has 2 aromatic rings. The molecule has 104 valence electrons. The van der Waals surface area contributed by atoms with Gasteiger partial charge in [-0.05, 0) is 42.0 Å². The van der Waals surface area contributed by atoms with Gasteiger partial charge in [0.05, 0.1) is 0 Å². The Morgan fingerprint density at radius 3 is 2.65 bits per heavy atom. The van der Waals surface area contributed by atoms with E-state index in [9.17, 15) is 4.79 Å². The SMILES string of the molecule is O=C(COc1ccc(Cl)cc1)NCc1cccc(Br)c1. The highest BCUT2D eigenvalue weighted by Crippen LogP contribution is 2.15. The standard InChI is InChI=1S/C15H13BrClNO2/c16-12-3-1-2-11(8-12)9-18-15(19)10-20-14-6-4-13(17)5-7-14/h1-8H,9-10H2,(H,18,19). The summed E-state index contributed by atoms with van der Waals surface area (Å²) < 4.78 is 6.34. The molecule has 0 spiro atoms. The van der Waals surface area contributed by atoms with Crippen molar-refractivity contribution in [2.24, 2.45) is 0 Å².